The molecule has 2 nitrogen and oxygen atoms in total. The van der Waals surface area contributed by atoms with Gasteiger partial charge in [-0.1, -0.05) is 23.7 Å². The summed E-state index contributed by atoms with van der Waals surface area (Å²) in [6, 6.07) is 8.07. The Hall–Kier alpha value is -0.140. The van der Waals surface area contributed by atoms with E-state index < -0.39 is 0 Å². The number of rotatable bonds is 3. The zero-order valence-electron chi connectivity index (χ0n) is 9.03. The molecule has 0 spiro atoms. The Kier molecular flexibility index (Phi) is 4.33. The van der Waals surface area contributed by atoms with E-state index in [1.54, 1.807) is 0 Å². The van der Waals surface area contributed by atoms with E-state index in [-0.39, 0.29) is 8.22 Å². The van der Waals surface area contributed by atoms with Crippen molar-refractivity contribution in [2.24, 2.45) is 0 Å². The normalized spacial score (nSPS) is 11.7. The van der Waals surface area contributed by atoms with Crippen LogP contribution in [0.15, 0.2) is 24.3 Å². The number of hydrogen-bond acceptors (Lipinski definition) is 2. The van der Waals surface area contributed by atoms with Crippen molar-refractivity contribution >= 4 is 25.1 Å². The number of hydrogen-bond donors (Lipinski definition) is 0. The Bertz CT molecular complexity index is 277. The highest BCUT2D eigenvalue weighted by molar-refractivity contribution is 7.60. The van der Waals surface area contributed by atoms with Crippen molar-refractivity contribution in [2.75, 3.05) is 28.2 Å². The van der Waals surface area contributed by atoms with Crippen molar-refractivity contribution in [1.29, 1.82) is 0 Å². The lowest BCUT2D eigenvalue weighted by Gasteiger charge is -2.30. The molecule has 14 heavy (non-hydrogen) atoms. The van der Waals surface area contributed by atoms with E-state index in [2.05, 4.69) is 49.7 Å². The van der Waals surface area contributed by atoms with Crippen molar-refractivity contribution < 1.29 is 0 Å². The Balaban J connectivity index is 2.94. The van der Waals surface area contributed by atoms with Crippen molar-refractivity contribution in [3.63, 3.8) is 0 Å². The predicted octanol–water partition coefficient (Wildman–Crippen LogP) is 2.40. The van der Waals surface area contributed by atoms with Crippen LogP contribution in [0.1, 0.15) is 0 Å². The van der Waals surface area contributed by atoms with Gasteiger partial charge < -0.3 is 0 Å². The minimum Gasteiger partial charge on any atom is -0.272 e. The third kappa shape index (κ3) is 2.93. The van der Waals surface area contributed by atoms with E-state index in [9.17, 15) is 0 Å². The Morgan fingerprint density at radius 3 is 1.71 bits per heavy atom. The van der Waals surface area contributed by atoms with Gasteiger partial charge in [-0.05, 0) is 40.3 Å². The average Bonchev–Trinajstić information content (AvgIpc) is 2.07. The van der Waals surface area contributed by atoms with Gasteiger partial charge in [-0.25, -0.2) is 0 Å². The molecule has 0 fully saturated rings. The van der Waals surface area contributed by atoms with Crippen LogP contribution in [0.3, 0.4) is 0 Å². The monoisotopic (exact) mass is 230 g/mol. The van der Waals surface area contributed by atoms with Gasteiger partial charge in [-0.3, -0.25) is 9.34 Å². The Morgan fingerprint density at radius 2 is 1.36 bits per heavy atom. The number of benzene rings is 1. The number of nitrogens with zero attached hydrogens (tertiary/aromatic N) is 2. The van der Waals surface area contributed by atoms with E-state index in [4.69, 9.17) is 11.6 Å². The molecule has 0 heterocycles. The molecule has 0 atom stereocenters. The van der Waals surface area contributed by atoms with Crippen molar-refractivity contribution in [2.45, 2.75) is 0 Å². The van der Waals surface area contributed by atoms with Crippen LogP contribution in [0.5, 0.6) is 0 Å². The van der Waals surface area contributed by atoms with Gasteiger partial charge in [0.2, 0.25) is 0 Å². The lowest BCUT2D eigenvalue weighted by atomic mass is 10.4. The smallest absolute Gasteiger partial charge is 0.0713 e. The molecule has 0 amide bonds. The highest BCUT2D eigenvalue weighted by Gasteiger charge is 2.15. The summed E-state index contributed by atoms with van der Waals surface area (Å²) in [6.45, 7) is 0. The first-order chi connectivity index (χ1) is 6.52. The lowest BCUT2D eigenvalue weighted by molar-refractivity contribution is 0.584. The predicted molar refractivity (Wildman–Crippen MR) is 65.4 cm³/mol. The SMILES string of the molecule is CN(C)P(c1ccc(Cl)cc1)N(C)C. The summed E-state index contributed by atoms with van der Waals surface area (Å²) in [4.78, 5) is 0. The summed E-state index contributed by atoms with van der Waals surface area (Å²) in [5.41, 5.74) is 0. The maximum absolute atomic E-state index is 5.86. The molecule has 1 rings (SSSR count). The van der Waals surface area contributed by atoms with E-state index in [1.165, 1.54) is 5.30 Å². The fourth-order valence-electron chi connectivity index (χ4n) is 1.39. The summed E-state index contributed by atoms with van der Waals surface area (Å²) < 4.78 is 4.47. The van der Waals surface area contributed by atoms with Crippen molar-refractivity contribution in [3.05, 3.63) is 29.3 Å². The molecule has 0 unspecified atom stereocenters. The van der Waals surface area contributed by atoms with Crippen LogP contribution in [-0.4, -0.2) is 37.5 Å². The summed E-state index contributed by atoms with van der Waals surface area (Å²) in [5, 5.41) is 2.11. The van der Waals surface area contributed by atoms with E-state index >= 15 is 0 Å². The second-order valence-corrected chi connectivity index (χ2v) is 6.59. The second kappa shape index (κ2) is 5.09. The minimum atomic E-state index is -0.378. The largest absolute Gasteiger partial charge is 0.272 e. The molecular formula is C10H16ClN2P. The molecule has 0 aliphatic rings. The minimum absolute atomic E-state index is 0.378. The summed E-state index contributed by atoms with van der Waals surface area (Å²) in [6.07, 6.45) is 0. The first kappa shape index (κ1) is 11.9. The molecule has 1 aromatic carbocycles. The van der Waals surface area contributed by atoms with Crippen LogP contribution in [0, 0.1) is 0 Å². The van der Waals surface area contributed by atoms with Crippen LogP contribution < -0.4 is 5.30 Å². The van der Waals surface area contributed by atoms with E-state index in [1.807, 2.05) is 12.1 Å². The first-order valence-electron chi connectivity index (χ1n) is 4.42. The molecule has 0 aliphatic carbocycles. The zero-order chi connectivity index (χ0) is 10.7. The average molecular weight is 231 g/mol. The molecule has 1 aromatic rings. The maximum Gasteiger partial charge on any atom is 0.0713 e. The van der Waals surface area contributed by atoms with Gasteiger partial charge in [0.05, 0.1) is 8.22 Å². The standard InChI is InChI=1S/C10H16ClN2P/c1-12(2)14(13(3)4)10-7-5-9(11)6-8-10/h5-8H,1-4H3. The van der Waals surface area contributed by atoms with Gasteiger partial charge in [0.25, 0.3) is 0 Å². The van der Waals surface area contributed by atoms with Gasteiger partial charge >= 0.3 is 0 Å². The van der Waals surface area contributed by atoms with Crippen LogP contribution >= 0.6 is 19.8 Å². The third-order valence-corrected chi connectivity index (χ3v) is 4.34. The zero-order valence-corrected chi connectivity index (χ0v) is 10.7. The van der Waals surface area contributed by atoms with Gasteiger partial charge in [0, 0.05) is 10.3 Å². The van der Waals surface area contributed by atoms with Crippen molar-refractivity contribution in [3.8, 4) is 0 Å². The molecule has 0 N–H and O–H groups in total. The van der Waals surface area contributed by atoms with Crippen LogP contribution in [0.2, 0.25) is 5.02 Å². The van der Waals surface area contributed by atoms with Crippen LogP contribution in [-0.2, 0) is 0 Å². The van der Waals surface area contributed by atoms with Gasteiger partial charge in [0.15, 0.2) is 0 Å². The molecule has 0 saturated heterocycles. The highest BCUT2D eigenvalue weighted by atomic mass is 35.5. The Labute approximate surface area is 92.3 Å². The molecule has 0 aliphatic heterocycles. The molecular weight excluding hydrogens is 215 g/mol. The molecule has 4 heteroatoms. The molecule has 78 valence electrons. The second-order valence-electron chi connectivity index (χ2n) is 3.46. The van der Waals surface area contributed by atoms with Gasteiger partial charge in [0.1, 0.15) is 0 Å². The quantitative estimate of drug-likeness (QED) is 0.736. The Morgan fingerprint density at radius 1 is 0.929 bits per heavy atom. The topological polar surface area (TPSA) is 6.48 Å². The molecule has 0 radical (unpaired) electrons. The van der Waals surface area contributed by atoms with Gasteiger partial charge in [-0.2, -0.15) is 0 Å². The fourth-order valence-corrected chi connectivity index (χ4v) is 3.58. The van der Waals surface area contributed by atoms with E-state index in [0.717, 1.165) is 5.02 Å². The van der Waals surface area contributed by atoms with Crippen LogP contribution in [0.25, 0.3) is 0 Å². The van der Waals surface area contributed by atoms with Crippen molar-refractivity contribution in [1.82, 2.24) is 9.34 Å². The molecule has 0 bridgehead atoms. The van der Waals surface area contributed by atoms with Crippen LogP contribution in [0.4, 0.5) is 0 Å². The summed E-state index contributed by atoms with van der Waals surface area (Å²) >= 11 is 5.86. The summed E-state index contributed by atoms with van der Waals surface area (Å²) in [5.74, 6) is 0. The molecule has 0 aromatic heterocycles. The number of halogens is 1. The fraction of sp³-hybridized carbons (Fsp3) is 0.400. The summed E-state index contributed by atoms with van der Waals surface area (Å²) in [7, 11) is 8.01. The maximum atomic E-state index is 5.86. The first-order valence-corrected chi connectivity index (χ1v) is 6.05. The third-order valence-electron chi connectivity index (χ3n) is 1.82. The highest BCUT2D eigenvalue weighted by Crippen LogP contribution is 2.38. The molecule has 0 saturated carbocycles. The van der Waals surface area contributed by atoms with E-state index in [0.29, 0.717) is 0 Å². The van der Waals surface area contributed by atoms with Gasteiger partial charge in [-0.15, -0.1) is 0 Å². The lowest BCUT2D eigenvalue weighted by Crippen LogP contribution is -2.24.